The molecular weight excluding hydrogens is 294 g/mol. The molecule has 112 valence electrons. The number of carboxylic acids is 1. The van der Waals surface area contributed by atoms with E-state index in [2.05, 4.69) is 5.32 Å². The second-order valence-corrected chi connectivity index (χ2v) is 5.49. The molecule has 2 rings (SSSR count). The highest BCUT2D eigenvalue weighted by atomic mass is 32.1. The van der Waals surface area contributed by atoms with Crippen molar-refractivity contribution in [2.75, 3.05) is 31.6 Å². The third-order valence-electron chi connectivity index (χ3n) is 3.12. The molecule has 0 aromatic carbocycles. The molecule has 1 fully saturated rings. The Morgan fingerprint density at radius 1 is 1.62 bits per heavy atom. The van der Waals surface area contributed by atoms with Crippen LogP contribution in [-0.2, 0) is 14.3 Å². The summed E-state index contributed by atoms with van der Waals surface area (Å²) in [4.78, 5) is 24.6. The zero-order valence-corrected chi connectivity index (χ0v) is 12.1. The number of carbonyl (C=O) groups excluding carboxylic acids is 1. The monoisotopic (exact) mass is 309 g/mol. The van der Waals surface area contributed by atoms with Crippen LogP contribution in [0.25, 0.3) is 0 Å². The average molecular weight is 309 g/mol. The van der Waals surface area contributed by atoms with Crippen LogP contribution >= 0.6 is 11.3 Å². The van der Waals surface area contributed by atoms with Crippen LogP contribution in [0, 0.1) is 11.3 Å². The van der Waals surface area contributed by atoms with Gasteiger partial charge in [0.25, 0.3) is 0 Å². The summed E-state index contributed by atoms with van der Waals surface area (Å²) in [5.41, 5.74) is 0.450. The number of carbonyl (C=O) groups is 2. The van der Waals surface area contributed by atoms with E-state index >= 15 is 0 Å². The summed E-state index contributed by atoms with van der Waals surface area (Å²) in [7, 11) is 0. The van der Waals surface area contributed by atoms with Crippen LogP contribution in [0.5, 0.6) is 0 Å². The minimum absolute atomic E-state index is 0.188. The number of nitriles is 1. The summed E-state index contributed by atoms with van der Waals surface area (Å²) in [5, 5.41) is 22.8. The van der Waals surface area contributed by atoms with Gasteiger partial charge >= 0.3 is 5.97 Å². The van der Waals surface area contributed by atoms with Gasteiger partial charge in [-0.2, -0.15) is 5.26 Å². The van der Waals surface area contributed by atoms with Crippen molar-refractivity contribution in [2.24, 2.45) is 0 Å². The molecule has 1 unspecified atom stereocenters. The molecule has 0 bridgehead atoms. The lowest BCUT2D eigenvalue weighted by molar-refractivity contribution is -0.156. The lowest BCUT2D eigenvalue weighted by Gasteiger charge is -2.30. The highest BCUT2D eigenvalue weighted by Gasteiger charge is 2.26. The van der Waals surface area contributed by atoms with Crippen molar-refractivity contribution >= 4 is 28.2 Å². The van der Waals surface area contributed by atoms with E-state index in [1.807, 2.05) is 11.0 Å². The van der Waals surface area contributed by atoms with Gasteiger partial charge in [-0.1, -0.05) is 0 Å². The molecule has 0 radical (unpaired) electrons. The summed E-state index contributed by atoms with van der Waals surface area (Å²) < 4.78 is 5.12. The van der Waals surface area contributed by atoms with Gasteiger partial charge in [0, 0.05) is 26.1 Å². The Morgan fingerprint density at radius 2 is 2.43 bits per heavy atom. The van der Waals surface area contributed by atoms with Crippen molar-refractivity contribution in [3.05, 3.63) is 17.0 Å². The number of thiophene rings is 1. The van der Waals surface area contributed by atoms with Crippen LogP contribution in [-0.4, -0.2) is 54.2 Å². The maximum absolute atomic E-state index is 11.8. The lowest BCUT2D eigenvalue weighted by Crippen LogP contribution is -2.46. The number of anilines is 1. The van der Waals surface area contributed by atoms with Gasteiger partial charge < -0.3 is 15.2 Å². The van der Waals surface area contributed by atoms with Gasteiger partial charge in [-0.3, -0.25) is 9.69 Å². The minimum atomic E-state index is -0.985. The molecular formula is C13H15N3O4S. The maximum Gasteiger partial charge on any atom is 0.334 e. The Morgan fingerprint density at radius 3 is 3.14 bits per heavy atom. The van der Waals surface area contributed by atoms with E-state index in [0.717, 1.165) is 0 Å². The molecule has 1 aromatic heterocycles. The molecule has 8 heteroatoms. The van der Waals surface area contributed by atoms with Crippen LogP contribution < -0.4 is 5.32 Å². The number of morpholine rings is 1. The summed E-state index contributed by atoms with van der Waals surface area (Å²) >= 11 is 1.30. The van der Waals surface area contributed by atoms with Crippen LogP contribution in [0.2, 0.25) is 0 Å². The third kappa shape index (κ3) is 4.26. The minimum Gasteiger partial charge on any atom is -0.479 e. The van der Waals surface area contributed by atoms with Crippen molar-refractivity contribution in [1.29, 1.82) is 5.26 Å². The van der Waals surface area contributed by atoms with E-state index in [1.165, 1.54) is 11.3 Å². The van der Waals surface area contributed by atoms with Gasteiger partial charge in [0.15, 0.2) is 6.10 Å². The Labute approximate surface area is 125 Å². The number of carboxylic acid groups (broad SMARTS) is 1. The Balaban J connectivity index is 1.79. The first-order valence-corrected chi connectivity index (χ1v) is 7.32. The number of ether oxygens (including phenoxy) is 1. The molecule has 21 heavy (non-hydrogen) atoms. The molecule has 1 aliphatic heterocycles. The summed E-state index contributed by atoms with van der Waals surface area (Å²) in [5.74, 6) is -1.17. The summed E-state index contributed by atoms with van der Waals surface area (Å²) in [6, 6.07) is 3.66. The molecule has 1 atom stereocenters. The van der Waals surface area contributed by atoms with E-state index in [1.54, 1.807) is 11.4 Å². The molecule has 0 spiro atoms. The Hall–Kier alpha value is -1.95. The second kappa shape index (κ2) is 7.17. The van der Waals surface area contributed by atoms with Gasteiger partial charge in [0.05, 0.1) is 12.2 Å². The number of amides is 1. The van der Waals surface area contributed by atoms with Crippen LogP contribution in [0.1, 0.15) is 12.0 Å². The average Bonchev–Trinajstić information content (AvgIpc) is 2.92. The largest absolute Gasteiger partial charge is 0.479 e. The first-order chi connectivity index (χ1) is 10.1. The van der Waals surface area contributed by atoms with Crippen molar-refractivity contribution < 1.29 is 19.4 Å². The predicted molar refractivity (Wildman–Crippen MR) is 76.1 cm³/mol. The van der Waals surface area contributed by atoms with E-state index < -0.39 is 12.1 Å². The fourth-order valence-electron chi connectivity index (χ4n) is 2.00. The van der Waals surface area contributed by atoms with Gasteiger partial charge in [-0.15, -0.1) is 11.3 Å². The number of aliphatic carboxylic acids is 1. The normalized spacial score (nSPS) is 18.9. The van der Waals surface area contributed by atoms with E-state index in [4.69, 9.17) is 15.1 Å². The smallest absolute Gasteiger partial charge is 0.334 e. The number of hydrogen-bond donors (Lipinski definition) is 2. The van der Waals surface area contributed by atoms with Crippen molar-refractivity contribution in [1.82, 2.24) is 4.90 Å². The maximum atomic E-state index is 11.8. The molecule has 0 saturated carbocycles. The highest BCUT2D eigenvalue weighted by molar-refractivity contribution is 7.14. The summed E-state index contributed by atoms with van der Waals surface area (Å²) in [6.45, 7) is 1.71. The molecule has 1 aromatic rings. The fourth-order valence-corrected chi connectivity index (χ4v) is 2.75. The molecule has 2 N–H and O–H groups in total. The first kappa shape index (κ1) is 15.4. The molecule has 2 heterocycles. The fraction of sp³-hybridized carbons (Fsp3) is 0.462. The number of hydrogen-bond acceptors (Lipinski definition) is 6. The molecule has 1 saturated heterocycles. The van der Waals surface area contributed by atoms with Crippen LogP contribution in [0.15, 0.2) is 11.4 Å². The van der Waals surface area contributed by atoms with Crippen molar-refractivity contribution in [3.63, 3.8) is 0 Å². The SMILES string of the molecule is N#Cc1ccsc1NC(=O)CCN1CCOC(C(=O)O)C1. The van der Waals surface area contributed by atoms with Crippen LogP contribution in [0.4, 0.5) is 5.00 Å². The summed E-state index contributed by atoms with van der Waals surface area (Å²) in [6.07, 6.45) is -0.584. The van der Waals surface area contributed by atoms with Gasteiger partial charge in [-0.05, 0) is 11.4 Å². The Kier molecular flexibility index (Phi) is 5.27. The van der Waals surface area contributed by atoms with Gasteiger partial charge in [-0.25, -0.2) is 4.79 Å². The molecule has 7 nitrogen and oxygen atoms in total. The zero-order chi connectivity index (χ0) is 15.2. The quantitative estimate of drug-likeness (QED) is 0.831. The van der Waals surface area contributed by atoms with Crippen molar-refractivity contribution in [3.8, 4) is 6.07 Å². The topological polar surface area (TPSA) is 103 Å². The third-order valence-corrected chi connectivity index (χ3v) is 3.95. The van der Waals surface area contributed by atoms with E-state index in [9.17, 15) is 9.59 Å². The van der Waals surface area contributed by atoms with Crippen molar-refractivity contribution in [2.45, 2.75) is 12.5 Å². The molecule has 1 amide bonds. The number of nitrogens with zero attached hydrogens (tertiary/aromatic N) is 2. The molecule has 0 aliphatic carbocycles. The molecule has 1 aliphatic rings. The highest BCUT2D eigenvalue weighted by Crippen LogP contribution is 2.22. The van der Waals surface area contributed by atoms with E-state index in [-0.39, 0.29) is 18.9 Å². The van der Waals surface area contributed by atoms with Gasteiger partial charge in [0.1, 0.15) is 11.1 Å². The predicted octanol–water partition coefficient (Wildman–Crippen LogP) is 0.734. The van der Waals surface area contributed by atoms with Crippen LogP contribution in [0.3, 0.4) is 0 Å². The Bertz CT molecular complexity index is 566. The van der Waals surface area contributed by atoms with E-state index in [0.29, 0.717) is 30.3 Å². The standard InChI is InChI=1S/C13H15N3O4S/c14-7-9-2-6-21-12(9)15-11(17)1-3-16-4-5-20-10(8-16)13(18)19/h2,6,10H,1,3-5,8H2,(H,15,17)(H,18,19). The lowest BCUT2D eigenvalue weighted by atomic mass is 10.2. The number of rotatable bonds is 5. The first-order valence-electron chi connectivity index (χ1n) is 6.44. The second-order valence-electron chi connectivity index (χ2n) is 4.57. The zero-order valence-electron chi connectivity index (χ0n) is 11.2. The van der Waals surface area contributed by atoms with Gasteiger partial charge in [0.2, 0.25) is 5.91 Å². The number of nitrogens with one attached hydrogen (secondary N) is 1.